The van der Waals surface area contributed by atoms with Crippen LogP contribution in [0.5, 0.6) is 0 Å². The maximum atomic E-state index is 13.0. The molecule has 1 aliphatic rings. The fourth-order valence-electron chi connectivity index (χ4n) is 2.16. The summed E-state index contributed by atoms with van der Waals surface area (Å²) >= 11 is 0. The van der Waals surface area contributed by atoms with Gasteiger partial charge in [0.2, 0.25) is 0 Å². The Morgan fingerprint density at radius 2 is 2.10 bits per heavy atom. The zero-order chi connectivity index (χ0) is 15.5. The number of benzene rings is 1. The molecule has 1 heterocycles. The van der Waals surface area contributed by atoms with Crippen molar-refractivity contribution in [1.82, 2.24) is 0 Å². The lowest BCUT2D eigenvalue weighted by Crippen LogP contribution is -2.54. The van der Waals surface area contributed by atoms with Gasteiger partial charge in [0.25, 0.3) is 12.2 Å². The summed E-state index contributed by atoms with van der Waals surface area (Å²) < 4.78 is 48.5. The largest absolute Gasteiger partial charge is 0.474 e. The summed E-state index contributed by atoms with van der Waals surface area (Å²) in [6, 6.07) is 8.02. The van der Waals surface area contributed by atoms with Crippen LogP contribution in [0.25, 0.3) is 0 Å². The summed E-state index contributed by atoms with van der Waals surface area (Å²) in [7, 11) is 0. The summed E-state index contributed by atoms with van der Waals surface area (Å²) in [6.07, 6.45) is -6.19. The minimum absolute atomic E-state index is 0.123. The van der Waals surface area contributed by atoms with E-state index in [1.165, 1.54) is 0 Å². The highest BCUT2D eigenvalue weighted by molar-refractivity contribution is 5.52. The summed E-state index contributed by atoms with van der Waals surface area (Å²) in [5, 5.41) is 9.83. The number of hydrogen-bond donors (Lipinski definition) is 1. The van der Waals surface area contributed by atoms with E-state index >= 15 is 0 Å². The fraction of sp³-hybridized carbons (Fsp3) is 0.385. The molecule has 0 saturated carbocycles. The molecule has 1 aromatic carbocycles. The van der Waals surface area contributed by atoms with Gasteiger partial charge >= 0.3 is 6.18 Å². The van der Waals surface area contributed by atoms with Gasteiger partial charge in [0.15, 0.2) is 12.5 Å². The van der Waals surface area contributed by atoms with Crippen LogP contribution in [0.1, 0.15) is 11.5 Å². The van der Waals surface area contributed by atoms with Crippen molar-refractivity contribution in [3.63, 3.8) is 0 Å². The summed E-state index contributed by atoms with van der Waals surface area (Å²) in [5.41, 5.74) is -2.95. The molecule has 0 aromatic heterocycles. The van der Waals surface area contributed by atoms with Gasteiger partial charge in [-0.15, -0.1) is 0 Å². The molecule has 0 saturated heterocycles. The van der Waals surface area contributed by atoms with Crippen molar-refractivity contribution in [3.05, 3.63) is 35.9 Å². The molecule has 8 heteroatoms. The Hall–Kier alpha value is -2.09. The number of hydrogen-bond acceptors (Lipinski definition) is 5. The maximum Gasteiger partial charge on any atom is 0.442 e. The van der Waals surface area contributed by atoms with E-state index in [0.29, 0.717) is 12.0 Å². The number of alkyl halides is 3. The average Bonchev–Trinajstić information content (AvgIpc) is 2.84. The number of aliphatic hydroxyl groups is 1. The van der Waals surface area contributed by atoms with Crippen LogP contribution in [0.15, 0.2) is 35.3 Å². The number of nitrogens with zero attached hydrogens (tertiary/aromatic N) is 1. The lowest BCUT2D eigenvalue weighted by Gasteiger charge is -2.33. The third-order valence-corrected chi connectivity index (χ3v) is 3.21. The number of carbonyl (C=O) groups excluding carboxylic acids is 1. The third kappa shape index (κ3) is 2.85. The van der Waals surface area contributed by atoms with Gasteiger partial charge in [-0.1, -0.05) is 30.3 Å². The van der Waals surface area contributed by atoms with Gasteiger partial charge in [0.1, 0.15) is 6.61 Å². The molecular weight excluding hydrogens is 291 g/mol. The Bertz CT molecular complexity index is 520. The Morgan fingerprint density at radius 1 is 1.43 bits per heavy atom. The van der Waals surface area contributed by atoms with E-state index in [9.17, 15) is 23.1 Å². The second-order valence-corrected chi connectivity index (χ2v) is 4.46. The summed E-state index contributed by atoms with van der Waals surface area (Å²) in [5.74, 6) is -1.02. The lowest BCUT2D eigenvalue weighted by atomic mass is 9.87. The van der Waals surface area contributed by atoms with Crippen LogP contribution in [-0.2, 0) is 14.3 Å². The molecule has 1 N–H and O–H groups in total. The van der Waals surface area contributed by atoms with Crippen LogP contribution >= 0.6 is 0 Å². The Morgan fingerprint density at radius 3 is 2.67 bits per heavy atom. The van der Waals surface area contributed by atoms with E-state index in [2.05, 4.69) is 9.73 Å². The molecule has 1 aromatic rings. The average molecular weight is 303 g/mol. The van der Waals surface area contributed by atoms with Crippen LogP contribution in [-0.4, -0.2) is 42.6 Å². The second kappa shape index (κ2) is 5.72. The summed E-state index contributed by atoms with van der Waals surface area (Å²) in [6.45, 7) is -0.252. The maximum absolute atomic E-state index is 13.0. The van der Waals surface area contributed by atoms with Gasteiger partial charge in [-0.2, -0.15) is 13.2 Å². The quantitative estimate of drug-likeness (QED) is 0.839. The van der Waals surface area contributed by atoms with E-state index in [4.69, 9.17) is 4.74 Å². The van der Waals surface area contributed by atoms with Crippen LogP contribution in [0.2, 0.25) is 0 Å². The van der Waals surface area contributed by atoms with Crippen molar-refractivity contribution in [2.24, 2.45) is 4.99 Å². The highest BCUT2D eigenvalue weighted by atomic mass is 19.4. The monoisotopic (exact) mass is 303 g/mol. The number of halogens is 3. The second-order valence-electron chi connectivity index (χ2n) is 4.46. The molecular formula is C13H12F3NO4. The van der Waals surface area contributed by atoms with Gasteiger partial charge in [-0.25, -0.2) is 4.99 Å². The molecule has 3 atom stereocenters. The van der Waals surface area contributed by atoms with Crippen molar-refractivity contribution < 1.29 is 32.5 Å². The predicted molar refractivity (Wildman–Crippen MR) is 65.6 cm³/mol. The van der Waals surface area contributed by atoms with E-state index < -0.39 is 23.9 Å². The van der Waals surface area contributed by atoms with Crippen LogP contribution in [0.4, 0.5) is 13.2 Å². The van der Waals surface area contributed by atoms with Crippen molar-refractivity contribution >= 4 is 12.9 Å². The normalized spacial score (nSPS) is 26.2. The number of aliphatic imine (C=N–C) groups is 1. The molecule has 2 rings (SSSR count). The minimum atomic E-state index is -5.02. The van der Waals surface area contributed by atoms with Gasteiger partial charge in [0.05, 0.1) is 5.92 Å². The number of rotatable bonds is 5. The first-order chi connectivity index (χ1) is 9.90. The highest BCUT2D eigenvalue weighted by Crippen LogP contribution is 2.43. The van der Waals surface area contributed by atoms with Gasteiger partial charge in [-0.3, -0.25) is 4.79 Å². The summed E-state index contributed by atoms with van der Waals surface area (Å²) in [4.78, 5) is 13.3. The molecule has 5 nitrogen and oxygen atoms in total. The first-order valence-corrected chi connectivity index (χ1v) is 5.98. The topological polar surface area (TPSA) is 68.1 Å². The molecule has 1 aliphatic heterocycles. The fourth-order valence-corrected chi connectivity index (χ4v) is 2.16. The van der Waals surface area contributed by atoms with Crippen molar-refractivity contribution in [1.29, 1.82) is 0 Å². The van der Waals surface area contributed by atoms with Gasteiger partial charge < -0.3 is 14.6 Å². The van der Waals surface area contributed by atoms with E-state index in [1.807, 2.05) is 0 Å². The zero-order valence-corrected chi connectivity index (χ0v) is 10.7. The van der Waals surface area contributed by atoms with E-state index in [1.54, 1.807) is 30.3 Å². The number of ether oxygens (including phenoxy) is 2. The Labute approximate surface area is 118 Å². The first-order valence-electron chi connectivity index (χ1n) is 5.98. The third-order valence-electron chi connectivity index (χ3n) is 3.21. The molecule has 0 spiro atoms. The molecule has 0 fully saturated rings. The zero-order valence-electron chi connectivity index (χ0n) is 10.7. The molecule has 3 unspecified atom stereocenters. The standard InChI is InChI=1S/C13H12F3NO4/c14-13(15,16)12(19)11(21-7-17-12)10(6-20-8-18)9-4-2-1-3-5-9/h1-5,7-8,10-11,19H,6H2. The lowest BCUT2D eigenvalue weighted by molar-refractivity contribution is -0.279. The Balaban J connectivity index is 2.35. The SMILES string of the molecule is O=COCC(c1ccccc1)C1OC=NC1(O)C(F)(F)F. The number of carbonyl (C=O) groups is 1. The molecule has 21 heavy (non-hydrogen) atoms. The van der Waals surface area contributed by atoms with Crippen molar-refractivity contribution in [3.8, 4) is 0 Å². The smallest absolute Gasteiger partial charge is 0.442 e. The first kappa shape index (κ1) is 15.3. The van der Waals surface area contributed by atoms with Crippen LogP contribution in [0.3, 0.4) is 0 Å². The van der Waals surface area contributed by atoms with Crippen LogP contribution < -0.4 is 0 Å². The van der Waals surface area contributed by atoms with Gasteiger partial charge in [0, 0.05) is 0 Å². The molecule has 0 radical (unpaired) electrons. The molecule has 0 bridgehead atoms. The van der Waals surface area contributed by atoms with E-state index in [0.717, 1.165) is 0 Å². The van der Waals surface area contributed by atoms with Crippen LogP contribution in [0, 0.1) is 0 Å². The van der Waals surface area contributed by atoms with Crippen molar-refractivity contribution in [2.45, 2.75) is 23.9 Å². The predicted octanol–water partition coefficient (Wildman–Crippen LogP) is 1.62. The van der Waals surface area contributed by atoms with E-state index in [-0.39, 0.29) is 13.1 Å². The Kier molecular flexibility index (Phi) is 4.17. The molecule has 114 valence electrons. The highest BCUT2D eigenvalue weighted by Gasteiger charge is 2.64. The van der Waals surface area contributed by atoms with Gasteiger partial charge in [-0.05, 0) is 5.56 Å². The minimum Gasteiger partial charge on any atom is -0.474 e. The molecule has 0 amide bonds. The molecule has 0 aliphatic carbocycles. The van der Waals surface area contributed by atoms with Crippen molar-refractivity contribution in [2.75, 3.05) is 6.61 Å².